The van der Waals surface area contributed by atoms with E-state index in [0.29, 0.717) is 0 Å². The fraction of sp³-hybridized carbons (Fsp3) is 0.111. The highest BCUT2D eigenvalue weighted by molar-refractivity contribution is 5.92. The van der Waals surface area contributed by atoms with Gasteiger partial charge in [0.1, 0.15) is 0 Å². The molecule has 1 unspecified atom stereocenters. The average Bonchev–Trinajstić information content (AvgIpc) is 3.30. The molecule has 0 aliphatic heterocycles. The van der Waals surface area contributed by atoms with Crippen LogP contribution in [0.5, 0.6) is 0 Å². The molecule has 1 atom stereocenters. The first-order valence-electron chi connectivity index (χ1n) is 16.2. The van der Waals surface area contributed by atoms with E-state index in [-0.39, 0.29) is 11.5 Å². The van der Waals surface area contributed by atoms with Gasteiger partial charge < -0.3 is 9.80 Å². The predicted molar refractivity (Wildman–Crippen MR) is 205 cm³/mol. The van der Waals surface area contributed by atoms with E-state index in [0.717, 1.165) is 39.6 Å². The summed E-state index contributed by atoms with van der Waals surface area (Å²) in [7, 11) is 0. The first kappa shape index (κ1) is 31.4. The number of nitrogens with zero attached hydrogens (tertiary/aromatic N) is 2. The van der Waals surface area contributed by atoms with Gasteiger partial charge in [0.05, 0.1) is 0 Å². The van der Waals surface area contributed by atoms with Gasteiger partial charge in [-0.15, -0.1) is 0 Å². The van der Waals surface area contributed by atoms with Crippen molar-refractivity contribution in [1.82, 2.24) is 0 Å². The summed E-state index contributed by atoms with van der Waals surface area (Å²) in [5.74, 6) is 0. The number of fused-ring (bicyclic) bond motifs is 1. The molecule has 0 radical (unpaired) electrons. The molecule has 232 valence electrons. The van der Waals surface area contributed by atoms with Crippen LogP contribution in [0.2, 0.25) is 0 Å². The van der Waals surface area contributed by atoms with E-state index in [1.807, 2.05) is 18.2 Å². The number of rotatable bonds is 10. The van der Waals surface area contributed by atoms with Gasteiger partial charge in [-0.3, -0.25) is 0 Å². The molecule has 5 aromatic rings. The fourth-order valence-electron chi connectivity index (χ4n) is 6.79. The van der Waals surface area contributed by atoms with Crippen LogP contribution in [-0.4, -0.2) is 6.04 Å². The Morgan fingerprint density at radius 3 is 1.77 bits per heavy atom. The maximum absolute atomic E-state index is 4.11. The minimum Gasteiger partial charge on any atom is -0.335 e. The van der Waals surface area contributed by atoms with Crippen molar-refractivity contribution in [2.24, 2.45) is 0 Å². The maximum Gasteiger partial charge on any atom is 0.0500 e. The SMILES string of the molecule is C=C/C=C1\C(=C/C(C)N(c2ccccc2)c2cccc(C=C)c2)C(C)(C)c2cc(N(c3ccccc3)c3cccc(C=C)c3)ccc21. The Morgan fingerprint density at radius 1 is 0.596 bits per heavy atom. The van der Waals surface area contributed by atoms with Crippen LogP contribution in [0.4, 0.5) is 28.4 Å². The zero-order valence-corrected chi connectivity index (χ0v) is 27.6. The van der Waals surface area contributed by atoms with Gasteiger partial charge in [-0.2, -0.15) is 0 Å². The van der Waals surface area contributed by atoms with Gasteiger partial charge in [0.25, 0.3) is 0 Å². The van der Waals surface area contributed by atoms with Crippen LogP contribution in [0.25, 0.3) is 17.7 Å². The van der Waals surface area contributed by atoms with E-state index in [4.69, 9.17) is 0 Å². The van der Waals surface area contributed by atoms with Gasteiger partial charge in [0.15, 0.2) is 0 Å². The molecule has 0 saturated heterocycles. The third-order valence-electron chi connectivity index (χ3n) is 9.08. The van der Waals surface area contributed by atoms with Gasteiger partial charge in [-0.25, -0.2) is 0 Å². The average molecular weight is 611 g/mol. The van der Waals surface area contributed by atoms with Gasteiger partial charge >= 0.3 is 0 Å². The summed E-state index contributed by atoms with van der Waals surface area (Å²) < 4.78 is 0. The summed E-state index contributed by atoms with van der Waals surface area (Å²) in [6.45, 7) is 19.1. The molecule has 0 aromatic heterocycles. The normalized spacial score (nSPS) is 15.6. The van der Waals surface area contributed by atoms with Crippen molar-refractivity contribution in [2.45, 2.75) is 32.2 Å². The highest BCUT2D eigenvalue weighted by Crippen LogP contribution is 2.52. The van der Waals surface area contributed by atoms with Crippen LogP contribution in [0.1, 0.15) is 43.0 Å². The number of hydrogen-bond donors (Lipinski definition) is 0. The lowest BCUT2D eigenvalue weighted by atomic mass is 9.81. The highest BCUT2D eigenvalue weighted by atomic mass is 15.2. The molecule has 0 heterocycles. The van der Waals surface area contributed by atoms with Crippen LogP contribution in [0, 0.1) is 0 Å². The molecule has 0 bridgehead atoms. The summed E-state index contributed by atoms with van der Waals surface area (Å²) in [4.78, 5) is 4.73. The molecule has 2 nitrogen and oxygen atoms in total. The Labute approximate surface area is 280 Å². The third kappa shape index (κ3) is 6.15. The summed E-state index contributed by atoms with van der Waals surface area (Å²) in [5, 5.41) is 0. The molecule has 0 saturated carbocycles. The van der Waals surface area contributed by atoms with E-state index in [2.05, 4.69) is 190 Å². The number of allylic oxidation sites excluding steroid dienone is 4. The van der Waals surface area contributed by atoms with E-state index in [1.54, 1.807) is 0 Å². The van der Waals surface area contributed by atoms with E-state index >= 15 is 0 Å². The number of anilines is 5. The lowest BCUT2D eigenvalue weighted by Gasteiger charge is -2.32. The molecule has 1 aliphatic carbocycles. The van der Waals surface area contributed by atoms with Crippen molar-refractivity contribution in [3.8, 4) is 0 Å². The van der Waals surface area contributed by atoms with Crippen molar-refractivity contribution in [2.75, 3.05) is 9.80 Å². The first-order valence-corrected chi connectivity index (χ1v) is 16.2. The Balaban J connectivity index is 1.48. The van der Waals surface area contributed by atoms with E-state index < -0.39 is 0 Å². The molecular weight excluding hydrogens is 569 g/mol. The summed E-state index contributed by atoms with van der Waals surface area (Å²) in [6.07, 6.45) is 10.3. The second kappa shape index (κ2) is 13.4. The second-order valence-corrected chi connectivity index (χ2v) is 12.5. The third-order valence-corrected chi connectivity index (χ3v) is 9.08. The molecule has 0 N–H and O–H groups in total. The molecule has 0 spiro atoms. The minimum atomic E-state index is -0.259. The summed E-state index contributed by atoms with van der Waals surface area (Å²) >= 11 is 0. The Hall–Kier alpha value is -5.60. The van der Waals surface area contributed by atoms with Crippen molar-refractivity contribution in [1.29, 1.82) is 0 Å². The first-order chi connectivity index (χ1) is 22.8. The lowest BCUT2D eigenvalue weighted by Crippen LogP contribution is -2.28. The molecular formula is C45H42N2. The fourth-order valence-corrected chi connectivity index (χ4v) is 6.79. The molecule has 2 heteroatoms. The Kier molecular flexibility index (Phi) is 8.95. The topological polar surface area (TPSA) is 6.48 Å². The number of hydrogen-bond acceptors (Lipinski definition) is 2. The van der Waals surface area contributed by atoms with Crippen LogP contribution in [0.3, 0.4) is 0 Å². The zero-order valence-electron chi connectivity index (χ0n) is 27.6. The highest BCUT2D eigenvalue weighted by Gasteiger charge is 2.39. The number of benzene rings is 5. The monoisotopic (exact) mass is 610 g/mol. The standard InChI is InChI=1S/C45H42N2/c1-7-18-41-42-28-27-40(47(37-23-14-11-15-24-37)39-26-17-20-35(9-3)31-39)32-44(42)45(5,6)43(41)29-33(4)46(36-21-12-10-13-22-36)38-25-16-19-34(8-2)30-38/h7-33H,1-3H2,4-6H3/b41-18-,43-29+. The number of para-hydroxylation sites is 2. The Morgan fingerprint density at radius 2 is 1.15 bits per heavy atom. The van der Waals surface area contributed by atoms with Crippen LogP contribution < -0.4 is 9.80 Å². The maximum atomic E-state index is 4.11. The molecule has 5 aromatic carbocycles. The molecule has 1 aliphatic rings. The zero-order chi connectivity index (χ0) is 33.0. The molecule has 6 rings (SSSR count). The van der Waals surface area contributed by atoms with E-state index in [1.165, 1.54) is 22.3 Å². The predicted octanol–water partition coefficient (Wildman–Crippen LogP) is 12.5. The quantitative estimate of drug-likeness (QED) is 0.155. The van der Waals surface area contributed by atoms with Crippen molar-refractivity contribution >= 4 is 46.2 Å². The second-order valence-electron chi connectivity index (χ2n) is 12.5. The van der Waals surface area contributed by atoms with Crippen LogP contribution in [0.15, 0.2) is 171 Å². The summed E-state index contributed by atoms with van der Waals surface area (Å²) in [5.41, 5.74) is 12.5. The lowest BCUT2D eigenvalue weighted by molar-refractivity contribution is 0.652. The van der Waals surface area contributed by atoms with Crippen molar-refractivity contribution in [3.63, 3.8) is 0 Å². The van der Waals surface area contributed by atoms with Crippen LogP contribution >= 0.6 is 0 Å². The van der Waals surface area contributed by atoms with E-state index in [9.17, 15) is 0 Å². The molecule has 0 fully saturated rings. The molecule has 47 heavy (non-hydrogen) atoms. The smallest absolute Gasteiger partial charge is 0.0500 e. The Bertz CT molecular complexity index is 1980. The van der Waals surface area contributed by atoms with Gasteiger partial charge in [-0.05, 0) is 101 Å². The minimum absolute atomic E-state index is 0.0520. The van der Waals surface area contributed by atoms with Gasteiger partial charge in [0.2, 0.25) is 0 Å². The van der Waals surface area contributed by atoms with Crippen LogP contribution in [-0.2, 0) is 5.41 Å². The van der Waals surface area contributed by atoms with Gasteiger partial charge in [0, 0.05) is 39.9 Å². The van der Waals surface area contributed by atoms with Crippen molar-refractivity contribution < 1.29 is 0 Å². The van der Waals surface area contributed by atoms with Gasteiger partial charge in [-0.1, -0.05) is 131 Å². The molecule has 0 amide bonds. The van der Waals surface area contributed by atoms with Crippen molar-refractivity contribution in [3.05, 3.63) is 193 Å². The largest absolute Gasteiger partial charge is 0.335 e. The summed E-state index contributed by atoms with van der Waals surface area (Å²) in [6, 6.07) is 45.2.